The number of rotatable bonds is 10. The lowest BCUT2D eigenvalue weighted by atomic mass is 9.86. The number of hydrogen-bond acceptors (Lipinski definition) is 2. The zero-order valence-electron chi connectivity index (χ0n) is 12.4. The average molecular weight is 240 g/mol. The molecular formula is C15H32N2. The Hall–Kier alpha value is -0.0800. The molecule has 1 saturated carbocycles. The highest BCUT2D eigenvalue weighted by Gasteiger charge is 2.28. The van der Waals surface area contributed by atoms with Gasteiger partial charge in [0.1, 0.15) is 0 Å². The van der Waals surface area contributed by atoms with Crippen LogP contribution in [-0.4, -0.2) is 37.6 Å². The van der Waals surface area contributed by atoms with Crippen LogP contribution in [-0.2, 0) is 0 Å². The number of nitrogens with one attached hydrogen (secondary N) is 1. The Labute approximate surface area is 108 Å². The van der Waals surface area contributed by atoms with Gasteiger partial charge in [0.15, 0.2) is 0 Å². The minimum Gasteiger partial charge on any atom is -0.316 e. The first-order chi connectivity index (χ1) is 8.13. The molecule has 0 aromatic heterocycles. The van der Waals surface area contributed by atoms with Crippen molar-refractivity contribution in [3.05, 3.63) is 0 Å². The van der Waals surface area contributed by atoms with E-state index in [1.165, 1.54) is 51.9 Å². The number of nitrogens with zero attached hydrogens (tertiary/aromatic N) is 1. The van der Waals surface area contributed by atoms with Crippen LogP contribution in [0.2, 0.25) is 0 Å². The van der Waals surface area contributed by atoms with E-state index >= 15 is 0 Å². The summed E-state index contributed by atoms with van der Waals surface area (Å²) in [6.45, 7) is 15.4. The molecule has 0 saturated heterocycles. The van der Waals surface area contributed by atoms with Crippen molar-refractivity contribution in [1.29, 1.82) is 0 Å². The van der Waals surface area contributed by atoms with Crippen LogP contribution in [0.1, 0.15) is 53.4 Å². The molecule has 102 valence electrons. The summed E-state index contributed by atoms with van der Waals surface area (Å²) in [6, 6.07) is 0. The average Bonchev–Trinajstić information content (AvgIpc) is 3.12. The lowest BCUT2D eigenvalue weighted by molar-refractivity contribution is 0.156. The van der Waals surface area contributed by atoms with Crippen LogP contribution in [0, 0.1) is 11.3 Å². The van der Waals surface area contributed by atoms with Crippen molar-refractivity contribution in [2.75, 3.05) is 32.7 Å². The van der Waals surface area contributed by atoms with Crippen LogP contribution in [0.25, 0.3) is 0 Å². The van der Waals surface area contributed by atoms with Gasteiger partial charge in [-0.1, -0.05) is 27.7 Å². The summed E-state index contributed by atoms with van der Waals surface area (Å²) in [5, 5.41) is 3.60. The van der Waals surface area contributed by atoms with Gasteiger partial charge in [-0.25, -0.2) is 0 Å². The maximum Gasteiger partial charge on any atom is 0.00474 e. The SMILES string of the molecule is CCCNCC(C)(CC)CN(CC)CC1CC1. The van der Waals surface area contributed by atoms with Gasteiger partial charge in [0.2, 0.25) is 0 Å². The van der Waals surface area contributed by atoms with Gasteiger partial charge in [0, 0.05) is 19.6 Å². The van der Waals surface area contributed by atoms with E-state index in [0.29, 0.717) is 5.41 Å². The molecule has 1 aliphatic rings. The van der Waals surface area contributed by atoms with E-state index in [0.717, 1.165) is 12.5 Å². The molecule has 1 rings (SSSR count). The molecule has 0 spiro atoms. The van der Waals surface area contributed by atoms with E-state index in [9.17, 15) is 0 Å². The molecule has 0 amide bonds. The molecular weight excluding hydrogens is 208 g/mol. The van der Waals surface area contributed by atoms with Crippen LogP contribution in [0.3, 0.4) is 0 Å². The first-order valence-corrected chi connectivity index (χ1v) is 7.56. The van der Waals surface area contributed by atoms with Gasteiger partial charge in [-0.3, -0.25) is 0 Å². The normalized spacial score (nSPS) is 19.6. The lowest BCUT2D eigenvalue weighted by Crippen LogP contribution is -2.42. The highest BCUT2D eigenvalue weighted by molar-refractivity contribution is 4.83. The molecule has 0 aromatic rings. The van der Waals surface area contributed by atoms with Crippen LogP contribution in [0.4, 0.5) is 0 Å². The largest absolute Gasteiger partial charge is 0.316 e. The predicted molar refractivity (Wildman–Crippen MR) is 76.4 cm³/mol. The van der Waals surface area contributed by atoms with Gasteiger partial charge in [-0.15, -0.1) is 0 Å². The van der Waals surface area contributed by atoms with Gasteiger partial charge in [-0.05, 0) is 50.1 Å². The summed E-state index contributed by atoms with van der Waals surface area (Å²) in [6.07, 6.45) is 5.44. The second kappa shape index (κ2) is 7.38. The summed E-state index contributed by atoms with van der Waals surface area (Å²) < 4.78 is 0. The van der Waals surface area contributed by atoms with Crippen molar-refractivity contribution >= 4 is 0 Å². The molecule has 1 fully saturated rings. The molecule has 0 aliphatic heterocycles. The molecule has 0 aromatic carbocycles. The molecule has 2 heteroatoms. The minimum atomic E-state index is 0.445. The Kier molecular flexibility index (Phi) is 6.50. The van der Waals surface area contributed by atoms with E-state index in [1.54, 1.807) is 0 Å². The summed E-state index contributed by atoms with van der Waals surface area (Å²) in [5.41, 5.74) is 0.445. The molecule has 2 nitrogen and oxygen atoms in total. The standard InChI is InChI=1S/C15H32N2/c1-5-10-16-12-15(4,6-2)13-17(7-3)11-14-8-9-14/h14,16H,5-13H2,1-4H3. The molecule has 0 heterocycles. The zero-order valence-corrected chi connectivity index (χ0v) is 12.4. The van der Waals surface area contributed by atoms with E-state index in [-0.39, 0.29) is 0 Å². The van der Waals surface area contributed by atoms with Crippen LogP contribution < -0.4 is 5.32 Å². The molecule has 0 radical (unpaired) electrons. The summed E-state index contributed by atoms with van der Waals surface area (Å²) in [5.74, 6) is 1.01. The molecule has 17 heavy (non-hydrogen) atoms. The van der Waals surface area contributed by atoms with Crippen LogP contribution >= 0.6 is 0 Å². The Morgan fingerprint density at radius 1 is 1.24 bits per heavy atom. The Morgan fingerprint density at radius 2 is 1.94 bits per heavy atom. The van der Waals surface area contributed by atoms with Crippen molar-refractivity contribution in [2.45, 2.75) is 53.4 Å². The zero-order chi connectivity index (χ0) is 12.7. The first-order valence-electron chi connectivity index (χ1n) is 7.56. The quantitative estimate of drug-likeness (QED) is 0.590. The highest BCUT2D eigenvalue weighted by atomic mass is 15.1. The fourth-order valence-corrected chi connectivity index (χ4v) is 2.37. The van der Waals surface area contributed by atoms with E-state index in [4.69, 9.17) is 0 Å². The van der Waals surface area contributed by atoms with Gasteiger partial charge in [0.25, 0.3) is 0 Å². The summed E-state index contributed by atoms with van der Waals surface area (Å²) in [4.78, 5) is 2.66. The van der Waals surface area contributed by atoms with Crippen LogP contribution in [0.15, 0.2) is 0 Å². The van der Waals surface area contributed by atoms with Crippen molar-refractivity contribution in [1.82, 2.24) is 10.2 Å². The molecule has 1 atom stereocenters. The van der Waals surface area contributed by atoms with Crippen LogP contribution in [0.5, 0.6) is 0 Å². The fraction of sp³-hybridized carbons (Fsp3) is 1.00. The van der Waals surface area contributed by atoms with Crippen molar-refractivity contribution in [3.8, 4) is 0 Å². The maximum atomic E-state index is 3.60. The Morgan fingerprint density at radius 3 is 2.41 bits per heavy atom. The predicted octanol–water partition coefficient (Wildman–Crippen LogP) is 3.13. The smallest absolute Gasteiger partial charge is 0.00474 e. The molecule has 1 unspecified atom stereocenters. The third-order valence-electron chi connectivity index (χ3n) is 4.10. The van der Waals surface area contributed by atoms with E-state index in [1.807, 2.05) is 0 Å². The first kappa shape index (κ1) is 15.0. The second-order valence-electron chi connectivity index (χ2n) is 6.11. The second-order valence-corrected chi connectivity index (χ2v) is 6.11. The van der Waals surface area contributed by atoms with Gasteiger partial charge in [0.05, 0.1) is 0 Å². The van der Waals surface area contributed by atoms with Gasteiger partial charge >= 0.3 is 0 Å². The van der Waals surface area contributed by atoms with Crippen molar-refractivity contribution < 1.29 is 0 Å². The Bertz CT molecular complexity index is 201. The number of hydrogen-bond donors (Lipinski definition) is 1. The van der Waals surface area contributed by atoms with E-state index in [2.05, 4.69) is 37.9 Å². The fourth-order valence-electron chi connectivity index (χ4n) is 2.37. The third kappa shape index (κ3) is 5.87. The Balaban J connectivity index is 2.34. The van der Waals surface area contributed by atoms with Gasteiger partial charge < -0.3 is 10.2 Å². The third-order valence-corrected chi connectivity index (χ3v) is 4.10. The summed E-state index contributed by atoms with van der Waals surface area (Å²) in [7, 11) is 0. The van der Waals surface area contributed by atoms with Gasteiger partial charge in [-0.2, -0.15) is 0 Å². The highest BCUT2D eigenvalue weighted by Crippen LogP contribution is 2.31. The molecule has 1 aliphatic carbocycles. The maximum absolute atomic E-state index is 3.60. The lowest BCUT2D eigenvalue weighted by Gasteiger charge is -2.35. The summed E-state index contributed by atoms with van der Waals surface area (Å²) >= 11 is 0. The van der Waals surface area contributed by atoms with Crippen molar-refractivity contribution in [3.63, 3.8) is 0 Å². The topological polar surface area (TPSA) is 15.3 Å². The molecule has 0 bridgehead atoms. The molecule has 1 N–H and O–H groups in total. The van der Waals surface area contributed by atoms with E-state index < -0.39 is 0 Å². The minimum absolute atomic E-state index is 0.445. The van der Waals surface area contributed by atoms with Crippen molar-refractivity contribution in [2.24, 2.45) is 11.3 Å². The monoisotopic (exact) mass is 240 g/mol.